The molecule has 2 rings (SSSR count). The van der Waals surface area contributed by atoms with Gasteiger partial charge < -0.3 is 9.64 Å². The number of ether oxygens (including phenoxy) is 1. The number of hydrogen-bond acceptors (Lipinski definition) is 5. The third-order valence-corrected chi connectivity index (χ3v) is 3.71. The number of Topliss-reactive ketones (excluding diaryl/α,β-unsaturated/α-hetero) is 1. The van der Waals surface area contributed by atoms with Crippen LogP contribution < -0.4 is 0 Å². The second-order valence-corrected chi connectivity index (χ2v) is 6.88. The van der Waals surface area contributed by atoms with Gasteiger partial charge >= 0.3 is 6.09 Å². The fourth-order valence-corrected chi connectivity index (χ4v) is 2.52. The van der Waals surface area contributed by atoms with Gasteiger partial charge in [0.15, 0.2) is 5.78 Å². The number of piperazine rings is 1. The summed E-state index contributed by atoms with van der Waals surface area (Å²) in [5.74, 6) is 0.00293. The summed E-state index contributed by atoms with van der Waals surface area (Å²) < 4.78 is 5.40. The van der Waals surface area contributed by atoms with E-state index >= 15 is 0 Å². The second-order valence-electron chi connectivity index (χ2n) is 6.88. The minimum atomic E-state index is -0.494. The minimum absolute atomic E-state index is 0.00293. The van der Waals surface area contributed by atoms with E-state index in [1.807, 2.05) is 33.8 Å². The summed E-state index contributed by atoms with van der Waals surface area (Å²) in [5, 5.41) is 0. The van der Waals surface area contributed by atoms with Crippen molar-refractivity contribution in [3.05, 3.63) is 30.1 Å². The van der Waals surface area contributed by atoms with Gasteiger partial charge in [0.25, 0.3) is 0 Å². The number of amides is 1. The molecular weight excluding hydrogens is 294 g/mol. The summed E-state index contributed by atoms with van der Waals surface area (Å²) in [5.41, 5.74) is -0.0128. The van der Waals surface area contributed by atoms with Crippen LogP contribution in [0.2, 0.25) is 0 Å². The lowest BCUT2D eigenvalue weighted by molar-refractivity contribution is 0.00656. The molecular formula is C17H25N3O3. The lowest BCUT2D eigenvalue weighted by Crippen LogP contribution is -2.55. The molecule has 1 saturated heterocycles. The fourth-order valence-electron chi connectivity index (χ4n) is 2.52. The number of nitrogens with zero attached hydrogens (tertiary/aromatic N) is 3. The largest absolute Gasteiger partial charge is 0.444 e. The molecule has 1 aromatic heterocycles. The maximum atomic E-state index is 12.3. The van der Waals surface area contributed by atoms with Crippen LogP contribution in [-0.2, 0) is 4.74 Å². The minimum Gasteiger partial charge on any atom is -0.444 e. The molecule has 6 heteroatoms. The molecule has 1 amide bonds. The molecule has 6 nitrogen and oxygen atoms in total. The zero-order chi connectivity index (χ0) is 17.0. The van der Waals surface area contributed by atoms with Crippen molar-refractivity contribution in [1.82, 2.24) is 14.8 Å². The first-order valence-corrected chi connectivity index (χ1v) is 7.92. The first-order chi connectivity index (χ1) is 10.8. The van der Waals surface area contributed by atoms with Crippen molar-refractivity contribution in [2.75, 3.05) is 26.2 Å². The van der Waals surface area contributed by atoms with Gasteiger partial charge in [-0.3, -0.25) is 14.7 Å². The Morgan fingerprint density at radius 2 is 2.04 bits per heavy atom. The molecule has 0 aliphatic carbocycles. The molecule has 0 bridgehead atoms. The normalized spacial score (nSPS) is 19.5. The zero-order valence-electron chi connectivity index (χ0n) is 14.3. The molecule has 2 heterocycles. The molecule has 1 atom stereocenters. The molecule has 1 aromatic rings. The highest BCUT2D eigenvalue weighted by Gasteiger charge is 2.30. The number of pyridine rings is 1. The lowest BCUT2D eigenvalue weighted by Gasteiger charge is -2.39. The highest BCUT2D eigenvalue weighted by Crippen LogP contribution is 2.15. The molecule has 23 heavy (non-hydrogen) atoms. The van der Waals surface area contributed by atoms with Gasteiger partial charge in [0.05, 0.1) is 6.54 Å². The van der Waals surface area contributed by atoms with E-state index in [-0.39, 0.29) is 17.9 Å². The Morgan fingerprint density at radius 1 is 1.30 bits per heavy atom. The van der Waals surface area contributed by atoms with Crippen molar-refractivity contribution in [2.45, 2.75) is 39.3 Å². The molecule has 0 saturated carbocycles. The van der Waals surface area contributed by atoms with Crippen LogP contribution in [0, 0.1) is 0 Å². The molecule has 0 aromatic carbocycles. The van der Waals surface area contributed by atoms with E-state index in [1.54, 1.807) is 23.2 Å². The van der Waals surface area contributed by atoms with Gasteiger partial charge in [0, 0.05) is 31.9 Å². The Morgan fingerprint density at radius 3 is 2.61 bits per heavy atom. The Labute approximate surface area is 137 Å². The maximum absolute atomic E-state index is 12.3. The van der Waals surface area contributed by atoms with Crippen LogP contribution >= 0.6 is 0 Å². The van der Waals surface area contributed by atoms with Crippen LogP contribution in [-0.4, -0.2) is 64.5 Å². The third-order valence-electron chi connectivity index (χ3n) is 3.71. The van der Waals surface area contributed by atoms with Crippen molar-refractivity contribution in [1.29, 1.82) is 0 Å². The first-order valence-electron chi connectivity index (χ1n) is 7.92. The quantitative estimate of drug-likeness (QED) is 0.799. The number of ketones is 1. The Balaban J connectivity index is 1.89. The van der Waals surface area contributed by atoms with Crippen molar-refractivity contribution >= 4 is 11.9 Å². The average molecular weight is 319 g/mol. The summed E-state index contributed by atoms with van der Waals surface area (Å²) in [4.78, 5) is 32.2. The molecule has 0 radical (unpaired) electrons. The predicted octanol–water partition coefficient (Wildman–Crippen LogP) is 2.21. The fraction of sp³-hybridized carbons (Fsp3) is 0.588. The van der Waals surface area contributed by atoms with E-state index in [0.717, 1.165) is 0 Å². The standard InChI is InChI=1S/C17H25N3O3/c1-13-11-20(16(22)23-17(2,3)4)10-9-19(13)12-15(21)14-7-5-6-8-18-14/h5-8,13H,9-12H2,1-4H3/t13-/m1/s1. The van der Waals surface area contributed by atoms with E-state index in [1.165, 1.54) is 0 Å². The molecule has 0 N–H and O–H groups in total. The van der Waals surface area contributed by atoms with Gasteiger partial charge in [-0.2, -0.15) is 0 Å². The average Bonchev–Trinajstić information content (AvgIpc) is 2.48. The first kappa shape index (κ1) is 17.4. The zero-order valence-corrected chi connectivity index (χ0v) is 14.3. The Hall–Kier alpha value is -1.95. The van der Waals surface area contributed by atoms with Crippen molar-refractivity contribution in [2.24, 2.45) is 0 Å². The number of hydrogen-bond donors (Lipinski definition) is 0. The topological polar surface area (TPSA) is 62.7 Å². The number of aromatic nitrogens is 1. The van der Waals surface area contributed by atoms with Gasteiger partial charge in [-0.15, -0.1) is 0 Å². The monoisotopic (exact) mass is 319 g/mol. The molecule has 0 spiro atoms. The van der Waals surface area contributed by atoms with Gasteiger partial charge in [-0.05, 0) is 39.8 Å². The van der Waals surface area contributed by atoms with Gasteiger partial charge in [0.1, 0.15) is 11.3 Å². The molecule has 1 aliphatic heterocycles. The molecule has 0 unspecified atom stereocenters. The summed E-state index contributed by atoms with van der Waals surface area (Å²) >= 11 is 0. The summed E-state index contributed by atoms with van der Waals surface area (Å²) in [6.45, 7) is 9.68. The second kappa shape index (κ2) is 7.08. The van der Waals surface area contributed by atoms with Gasteiger partial charge in [-0.25, -0.2) is 4.79 Å². The highest BCUT2D eigenvalue weighted by molar-refractivity contribution is 5.95. The van der Waals surface area contributed by atoms with Crippen molar-refractivity contribution < 1.29 is 14.3 Å². The van der Waals surface area contributed by atoms with E-state index < -0.39 is 5.60 Å². The predicted molar refractivity (Wildman–Crippen MR) is 87.4 cm³/mol. The van der Waals surface area contributed by atoms with E-state index in [9.17, 15) is 9.59 Å². The van der Waals surface area contributed by atoms with Crippen LogP contribution in [0.25, 0.3) is 0 Å². The summed E-state index contributed by atoms with van der Waals surface area (Å²) in [7, 11) is 0. The summed E-state index contributed by atoms with van der Waals surface area (Å²) in [6, 6.07) is 5.43. The Kier molecular flexibility index (Phi) is 5.36. The van der Waals surface area contributed by atoms with Crippen LogP contribution in [0.3, 0.4) is 0 Å². The Bertz CT molecular complexity index is 554. The number of carbonyl (C=O) groups excluding carboxylic acids is 2. The van der Waals surface area contributed by atoms with Crippen LogP contribution in [0.1, 0.15) is 38.2 Å². The van der Waals surface area contributed by atoms with Crippen LogP contribution in [0.15, 0.2) is 24.4 Å². The lowest BCUT2D eigenvalue weighted by atomic mass is 10.1. The SMILES string of the molecule is C[C@@H]1CN(C(=O)OC(C)(C)C)CCN1CC(=O)c1ccccn1. The van der Waals surface area contributed by atoms with E-state index in [4.69, 9.17) is 4.74 Å². The third kappa shape index (κ3) is 5.03. The van der Waals surface area contributed by atoms with Crippen LogP contribution in [0.5, 0.6) is 0 Å². The van der Waals surface area contributed by atoms with E-state index in [0.29, 0.717) is 31.9 Å². The van der Waals surface area contributed by atoms with E-state index in [2.05, 4.69) is 9.88 Å². The molecule has 126 valence electrons. The van der Waals surface area contributed by atoms with Crippen molar-refractivity contribution in [3.63, 3.8) is 0 Å². The van der Waals surface area contributed by atoms with Crippen LogP contribution in [0.4, 0.5) is 4.79 Å². The van der Waals surface area contributed by atoms with Crippen molar-refractivity contribution in [3.8, 4) is 0 Å². The molecule has 1 fully saturated rings. The number of rotatable bonds is 3. The molecule has 1 aliphatic rings. The maximum Gasteiger partial charge on any atom is 0.410 e. The van der Waals surface area contributed by atoms with Gasteiger partial charge in [-0.1, -0.05) is 6.07 Å². The highest BCUT2D eigenvalue weighted by atomic mass is 16.6. The van der Waals surface area contributed by atoms with Gasteiger partial charge in [0.2, 0.25) is 0 Å². The summed E-state index contributed by atoms with van der Waals surface area (Å²) in [6.07, 6.45) is 1.33. The smallest absolute Gasteiger partial charge is 0.410 e. The number of carbonyl (C=O) groups is 2.